The highest BCUT2D eigenvalue weighted by Gasteiger charge is 2.12. The third-order valence-corrected chi connectivity index (χ3v) is 2.70. The highest BCUT2D eigenvalue weighted by atomic mass is 19.1. The number of nitrogens with zero attached hydrogens (tertiary/aromatic N) is 2. The van der Waals surface area contributed by atoms with Crippen molar-refractivity contribution >= 4 is 22.6 Å². The summed E-state index contributed by atoms with van der Waals surface area (Å²) in [6.45, 7) is 0. The van der Waals surface area contributed by atoms with E-state index in [0.717, 1.165) is 12.1 Å². The lowest BCUT2D eigenvalue weighted by molar-refractivity contribution is 0.102. The minimum atomic E-state index is -0.845. The van der Waals surface area contributed by atoms with Crippen LogP contribution in [-0.4, -0.2) is 16.2 Å². The number of carbonyl (C=O) groups excluding carboxylic acids is 1. The van der Waals surface area contributed by atoms with Gasteiger partial charge in [0.05, 0.1) is 5.69 Å². The summed E-state index contributed by atoms with van der Waals surface area (Å²) < 4.78 is 30.7. The van der Waals surface area contributed by atoms with Crippen LogP contribution in [0.4, 0.5) is 14.5 Å². The molecule has 0 aliphatic heterocycles. The number of hydrogen-bond donors (Lipinski definition) is 1. The van der Waals surface area contributed by atoms with Crippen molar-refractivity contribution in [1.82, 2.24) is 10.3 Å². The summed E-state index contributed by atoms with van der Waals surface area (Å²) in [5.74, 6) is -2.10. The molecular formula is C13H7F2N3O2. The first kappa shape index (κ1) is 12.2. The highest BCUT2D eigenvalue weighted by molar-refractivity contribution is 6.05. The number of amides is 1. The number of fused-ring (bicyclic) bond motifs is 1. The minimum absolute atomic E-state index is 0.102. The van der Waals surface area contributed by atoms with Gasteiger partial charge >= 0.3 is 0 Å². The van der Waals surface area contributed by atoms with Crippen LogP contribution in [0, 0.1) is 11.6 Å². The summed E-state index contributed by atoms with van der Waals surface area (Å²) >= 11 is 0. The summed E-state index contributed by atoms with van der Waals surface area (Å²) in [7, 11) is 0. The number of hydrogen-bond acceptors (Lipinski definition) is 4. The second-order valence-electron chi connectivity index (χ2n) is 4.05. The van der Waals surface area contributed by atoms with E-state index in [1.807, 2.05) is 0 Å². The Morgan fingerprint density at radius 1 is 1.05 bits per heavy atom. The predicted molar refractivity (Wildman–Crippen MR) is 66.1 cm³/mol. The molecule has 0 saturated carbocycles. The predicted octanol–water partition coefficient (Wildman–Crippen LogP) is 2.75. The molecule has 0 bridgehead atoms. The van der Waals surface area contributed by atoms with Crippen molar-refractivity contribution in [3.8, 4) is 0 Å². The zero-order chi connectivity index (χ0) is 14.1. The molecular weight excluding hydrogens is 268 g/mol. The van der Waals surface area contributed by atoms with Gasteiger partial charge in [-0.05, 0) is 40.6 Å². The first-order chi connectivity index (χ1) is 9.63. The topological polar surface area (TPSA) is 68.0 Å². The Kier molecular flexibility index (Phi) is 2.86. The Bertz CT molecular complexity index is 801. The van der Waals surface area contributed by atoms with Gasteiger partial charge in [-0.3, -0.25) is 4.79 Å². The SMILES string of the molecule is O=C(Nc1ccc(F)cc1F)c1ccc2nonc2c1. The molecule has 3 aromatic rings. The van der Waals surface area contributed by atoms with Crippen LogP contribution in [0.2, 0.25) is 0 Å². The van der Waals surface area contributed by atoms with E-state index in [1.165, 1.54) is 12.1 Å². The van der Waals surface area contributed by atoms with Crippen molar-refractivity contribution in [3.05, 3.63) is 53.6 Å². The van der Waals surface area contributed by atoms with E-state index in [-0.39, 0.29) is 11.3 Å². The maximum atomic E-state index is 13.4. The Labute approximate surface area is 111 Å². The Morgan fingerprint density at radius 2 is 1.85 bits per heavy atom. The molecule has 0 unspecified atom stereocenters. The molecule has 0 atom stereocenters. The van der Waals surface area contributed by atoms with E-state index in [2.05, 4.69) is 20.3 Å². The van der Waals surface area contributed by atoms with Gasteiger partial charge in [-0.2, -0.15) is 0 Å². The average molecular weight is 275 g/mol. The summed E-state index contributed by atoms with van der Waals surface area (Å²) in [5, 5.41) is 9.57. The zero-order valence-electron chi connectivity index (χ0n) is 9.93. The van der Waals surface area contributed by atoms with Gasteiger partial charge in [-0.25, -0.2) is 13.4 Å². The van der Waals surface area contributed by atoms with Crippen LogP contribution in [0.5, 0.6) is 0 Å². The molecule has 100 valence electrons. The number of aromatic nitrogens is 2. The Hall–Kier alpha value is -2.83. The van der Waals surface area contributed by atoms with E-state index < -0.39 is 17.5 Å². The first-order valence-corrected chi connectivity index (χ1v) is 5.62. The molecule has 1 N–H and O–H groups in total. The van der Waals surface area contributed by atoms with Crippen molar-refractivity contribution in [2.75, 3.05) is 5.32 Å². The van der Waals surface area contributed by atoms with Crippen molar-refractivity contribution < 1.29 is 18.2 Å². The number of halogens is 2. The molecule has 7 heteroatoms. The van der Waals surface area contributed by atoms with E-state index in [9.17, 15) is 13.6 Å². The van der Waals surface area contributed by atoms with Crippen LogP contribution in [0.1, 0.15) is 10.4 Å². The molecule has 20 heavy (non-hydrogen) atoms. The lowest BCUT2D eigenvalue weighted by Crippen LogP contribution is -2.13. The maximum Gasteiger partial charge on any atom is 0.255 e. The fourth-order valence-electron chi connectivity index (χ4n) is 1.71. The van der Waals surface area contributed by atoms with Gasteiger partial charge in [0.25, 0.3) is 5.91 Å². The van der Waals surface area contributed by atoms with Gasteiger partial charge in [0, 0.05) is 11.6 Å². The van der Waals surface area contributed by atoms with Crippen molar-refractivity contribution in [3.63, 3.8) is 0 Å². The lowest BCUT2D eigenvalue weighted by Gasteiger charge is -2.06. The molecule has 5 nitrogen and oxygen atoms in total. The fraction of sp³-hybridized carbons (Fsp3) is 0. The molecule has 0 aliphatic rings. The van der Waals surface area contributed by atoms with Gasteiger partial charge in [0.1, 0.15) is 22.7 Å². The van der Waals surface area contributed by atoms with Crippen LogP contribution in [0.3, 0.4) is 0 Å². The van der Waals surface area contributed by atoms with Crippen LogP contribution < -0.4 is 5.32 Å². The largest absolute Gasteiger partial charge is 0.319 e. The van der Waals surface area contributed by atoms with Gasteiger partial charge in [0.15, 0.2) is 0 Å². The van der Waals surface area contributed by atoms with E-state index >= 15 is 0 Å². The van der Waals surface area contributed by atoms with Crippen LogP contribution in [0.15, 0.2) is 41.0 Å². The number of benzene rings is 2. The van der Waals surface area contributed by atoms with Gasteiger partial charge < -0.3 is 5.32 Å². The third-order valence-electron chi connectivity index (χ3n) is 2.70. The Morgan fingerprint density at radius 3 is 2.65 bits per heavy atom. The lowest BCUT2D eigenvalue weighted by atomic mass is 10.2. The molecule has 2 aromatic carbocycles. The monoisotopic (exact) mass is 275 g/mol. The molecule has 3 rings (SSSR count). The highest BCUT2D eigenvalue weighted by Crippen LogP contribution is 2.17. The summed E-state index contributed by atoms with van der Waals surface area (Å²) in [6, 6.07) is 7.43. The van der Waals surface area contributed by atoms with E-state index in [0.29, 0.717) is 17.1 Å². The molecule has 1 amide bonds. The summed E-state index contributed by atoms with van der Waals surface area (Å²) in [6.07, 6.45) is 0. The zero-order valence-corrected chi connectivity index (χ0v) is 9.93. The maximum absolute atomic E-state index is 13.4. The standard InChI is InChI=1S/C13H7F2N3O2/c14-8-2-4-10(9(15)6-8)16-13(19)7-1-3-11-12(5-7)18-20-17-11/h1-6H,(H,16,19). The van der Waals surface area contributed by atoms with Crippen LogP contribution in [0.25, 0.3) is 11.0 Å². The van der Waals surface area contributed by atoms with Crippen LogP contribution in [-0.2, 0) is 0 Å². The average Bonchev–Trinajstić information content (AvgIpc) is 2.89. The normalized spacial score (nSPS) is 10.7. The second-order valence-corrected chi connectivity index (χ2v) is 4.05. The number of carbonyl (C=O) groups is 1. The van der Waals surface area contributed by atoms with Crippen molar-refractivity contribution in [2.24, 2.45) is 0 Å². The second kappa shape index (κ2) is 4.69. The fourth-order valence-corrected chi connectivity index (χ4v) is 1.71. The molecule has 0 radical (unpaired) electrons. The minimum Gasteiger partial charge on any atom is -0.319 e. The molecule has 1 heterocycles. The number of anilines is 1. The van der Waals surface area contributed by atoms with Crippen molar-refractivity contribution in [2.45, 2.75) is 0 Å². The molecule has 0 aliphatic carbocycles. The van der Waals surface area contributed by atoms with Gasteiger partial charge in [-0.15, -0.1) is 0 Å². The van der Waals surface area contributed by atoms with Crippen LogP contribution >= 0.6 is 0 Å². The van der Waals surface area contributed by atoms with E-state index in [1.54, 1.807) is 6.07 Å². The quantitative estimate of drug-likeness (QED) is 0.780. The summed E-state index contributed by atoms with van der Waals surface area (Å²) in [4.78, 5) is 12.0. The van der Waals surface area contributed by atoms with Crippen molar-refractivity contribution in [1.29, 1.82) is 0 Å². The molecule has 1 aromatic heterocycles. The molecule has 0 fully saturated rings. The third kappa shape index (κ3) is 2.20. The number of rotatable bonds is 2. The van der Waals surface area contributed by atoms with Gasteiger partial charge in [0.2, 0.25) is 0 Å². The van der Waals surface area contributed by atoms with Gasteiger partial charge in [-0.1, -0.05) is 0 Å². The molecule has 0 spiro atoms. The number of nitrogens with one attached hydrogen (secondary N) is 1. The smallest absolute Gasteiger partial charge is 0.255 e. The van der Waals surface area contributed by atoms with E-state index in [4.69, 9.17) is 0 Å². The Balaban J connectivity index is 1.88. The first-order valence-electron chi connectivity index (χ1n) is 5.62. The molecule has 0 saturated heterocycles. The summed E-state index contributed by atoms with van der Waals surface area (Å²) in [5.41, 5.74) is 1.08.